The van der Waals surface area contributed by atoms with E-state index in [9.17, 15) is 13.2 Å². The van der Waals surface area contributed by atoms with Crippen LogP contribution >= 0.6 is 0 Å². The van der Waals surface area contributed by atoms with Gasteiger partial charge in [0.25, 0.3) is 0 Å². The van der Waals surface area contributed by atoms with Crippen LogP contribution in [0.3, 0.4) is 0 Å². The first-order chi connectivity index (χ1) is 19.0. The molecule has 11 heteroatoms. The Kier molecular flexibility index (Phi) is 8.45. The molecular weight excluding hydrogens is 519 g/mol. The summed E-state index contributed by atoms with van der Waals surface area (Å²) < 4.78 is 48.0. The fraction of sp³-hybridized carbons (Fsp3) is 0.655. The first-order valence-corrected chi connectivity index (χ1v) is 14.4. The largest absolute Gasteiger partial charge is 0.406 e. The molecule has 40 heavy (non-hydrogen) atoms. The van der Waals surface area contributed by atoms with Gasteiger partial charge in [0.15, 0.2) is 0 Å². The molecule has 0 amide bonds. The number of rotatable bonds is 11. The Morgan fingerprint density at radius 3 is 2.70 bits per heavy atom. The maximum absolute atomic E-state index is 13.7. The Labute approximate surface area is 234 Å². The third-order valence-electron chi connectivity index (χ3n) is 8.44. The number of hydrogen-bond acceptors (Lipinski definition) is 7. The second-order valence-corrected chi connectivity index (χ2v) is 12.1. The van der Waals surface area contributed by atoms with Crippen LogP contribution in [0.1, 0.15) is 39.5 Å². The van der Waals surface area contributed by atoms with Gasteiger partial charge in [-0.15, -0.1) is 0 Å². The van der Waals surface area contributed by atoms with E-state index in [2.05, 4.69) is 58.4 Å². The minimum Gasteiger partial charge on any atom is -0.371 e. The number of anilines is 1. The van der Waals surface area contributed by atoms with Crippen molar-refractivity contribution in [2.45, 2.75) is 65.0 Å². The van der Waals surface area contributed by atoms with Crippen LogP contribution in [-0.2, 0) is 13.1 Å². The van der Waals surface area contributed by atoms with Gasteiger partial charge in [0.05, 0.1) is 17.8 Å². The second-order valence-electron chi connectivity index (χ2n) is 12.1. The van der Waals surface area contributed by atoms with Gasteiger partial charge < -0.3 is 29.5 Å². The maximum atomic E-state index is 13.7. The number of hydrogen-bond donors (Lipinski definition) is 2. The molecule has 0 unspecified atom stereocenters. The summed E-state index contributed by atoms with van der Waals surface area (Å²) in [5.74, 6) is 2.26. The molecule has 1 aliphatic carbocycles. The van der Waals surface area contributed by atoms with Crippen molar-refractivity contribution in [1.82, 2.24) is 30.2 Å². The average Bonchev–Trinajstić information content (AvgIpc) is 3.29. The van der Waals surface area contributed by atoms with E-state index in [0.717, 1.165) is 43.7 Å². The van der Waals surface area contributed by atoms with E-state index in [1.807, 2.05) is 19.2 Å². The van der Waals surface area contributed by atoms with Gasteiger partial charge in [0, 0.05) is 36.7 Å². The third kappa shape index (κ3) is 6.63. The van der Waals surface area contributed by atoms with E-state index in [1.165, 1.54) is 11.0 Å². The van der Waals surface area contributed by atoms with Crippen molar-refractivity contribution >= 4 is 16.6 Å². The van der Waals surface area contributed by atoms with Gasteiger partial charge >= 0.3 is 6.18 Å². The van der Waals surface area contributed by atoms with E-state index < -0.39 is 12.7 Å². The first kappa shape index (κ1) is 28.9. The van der Waals surface area contributed by atoms with Gasteiger partial charge in [-0.2, -0.15) is 18.2 Å². The Bertz CT molecular complexity index is 1290. The van der Waals surface area contributed by atoms with Gasteiger partial charge in [0.2, 0.25) is 11.7 Å². The summed E-state index contributed by atoms with van der Waals surface area (Å²) in [6, 6.07) is 8.12. The van der Waals surface area contributed by atoms with E-state index in [0.29, 0.717) is 53.5 Å². The van der Waals surface area contributed by atoms with Gasteiger partial charge in [-0.05, 0) is 75.5 Å². The highest BCUT2D eigenvalue weighted by atomic mass is 19.4. The lowest BCUT2D eigenvalue weighted by molar-refractivity contribution is -0.139. The molecule has 0 spiro atoms. The second kappa shape index (κ2) is 11.7. The summed E-state index contributed by atoms with van der Waals surface area (Å²) in [5, 5.41) is 11.7. The fourth-order valence-corrected chi connectivity index (χ4v) is 6.20. The van der Waals surface area contributed by atoms with Crippen LogP contribution in [0.15, 0.2) is 28.8 Å². The molecule has 0 radical (unpaired) electrons. The molecule has 3 heterocycles. The normalized spacial score (nSPS) is 23.8. The Morgan fingerprint density at radius 1 is 1.20 bits per heavy atom. The smallest absolute Gasteiger partial charge is 0.371 e. The number of fused-ring (bicyclic) bond motifs is 1. The molecule has 5 rings (SSSR count). The molecule has 8 nitrogen and oxygen atoms in total. The standard InChI is InChI=1S/C29H42F3N7O/c1-18(2)34-14-21-11-20(21)13-33-15-27-35-28(36-40-27)26-12-22-24(38(5)23-9-10-37(4)16-19(23)3)7-6-8-25(22)39(26)17-29(30,31)32/h6-8,12,18-21,23,33-34H,9-11,13-17H2,1-5H3/t19-,20+,21+,23+/m0/s1. The van der Waals surface area contributed by atoms with Crippen molar-refractivity contribution in [3.63, 3.8) is 0 Å². The minimum atomic E-state index is -4.40. The molecule has 1 aromatic carbocycles. The number of nitrogens with one attached hydrogen (secondary N) is 2. The molecular formula is C29H42F3N7O. The zero-order valence-electron chi connectivity index (χ0n) is 24.1. The van der Waals surface area contributed by atoms with Crippen LogP contribution in [0.2, 0.25) is 0 Å². The number of halogens is 3. The van der Waals surface area contributed by atoms with Gasteiger partial charge in [-0.1, -0.05) is 32.0 Å². The van der Waals surface area contributed by atoms with Crippen molar-refractivity contribution in [3.05, 3.63) is 30.2 Å². The van der Waals surface area contributed by atoms with E-state index in [1.54, 1.807) is 12.1 Å². The predicted molar refractivity (Wildman–Crippen MR) is 151 cm³/mol. The fourth-order valence-electron chi connectivity index (χ4n) is 6.20. The van der Waals surface area contributed by atoms with Gasteiger partial charge in [-0.25, -0.2) is 0 Å². The molecule has 1 saturated carbocycles. The number of benzene rings is 1. The van der Waals surface area contributed by atoms with Crippen LogP contribution in [-0.4, -0.2) is 78.1 Å². The minimum absolute atomic E-state index is 0.170. The summed E-state index contributed by atoms with van der Waals surface area (Å²) in [5.41, 5.74) is 1.73. The van der Waals surface area contributed by atoms with Crippen LogP contribution in [0.5, 0.6) is 0 Å². The van der Waals surface area contributed by atoms with Crippen LogP contribution < -0.4 is 15.5 Å². The highest BCUT2D eigenvalue weighted by molar-refractivity contribution is 5.96. The summed E-state index contributed by atoms with van der Waals surface area (Å²) in [4.78, 5) is 9.04. The van der Waals surface area contributed by atoms with Crippen LogP contribution in [0, 0.1) is 17.8 Å². The number of aromatic nitrogens is 3. The molecule has 0 bridgehead atoms. The number of likely N-dealkylation sites (tertiary alicyclic amines) is 1. The third-order valence-corrected chi connectivity index (χ3v) is 8.44. The van der Waals surface area contributed by atoms with Crippen molar-refractivity contribution in [2.75, 3.05) is 45.2 Å². The quantitative estimate of drug-likeness (QED) is 0.350. The number of piperidine rings is 1. The molecule has 2 aromatic heterocycles. The SMILES string of the molecule is CC(C)NC[C@H]1C[C@@H]1CNCc1nc(-c2cc3c(N(C)[C@@H]4CCN(C)C[C@@H]4C)cccc3n2CC(F)(F)F)no1. The molecule has 3 aromatic rings. The maximum Gasteiger partial charge on any atom is 0.406 e. The lowest BCUT2D eigenvalue weighted by Gasteiger charge is -2.41. The molecule has 220 valence electrons. The van der Waals surface area contributed by atoms with Gasteiger partial charge in [0.1, 0.15) is 6.54 Å². The van der Waals surface area contributed by atoms with E-state index in [-0.39, 0.29) is 5.82 Å². The van der Waals surface area contributed by atoms with Crippen molar-refractivity contribution < 1.29 is 17.7 Å². The Hall–Kier alpha value is -2.63. The van der Waals surface area contributed by atoms with Crippen LogP contribution in [0.25, 0.3) is 22.4 Å². The number of nitrogens with zero attached hydrogens (tertiary/aromatic N) is 5. The molecule has 2 fully saturated rings. The summed E-state index contributed by atoms with van der Waals surface area (Å²) in [6.45, 7) is 9.63. The molecule has 1 aliphatic heterocycles. The summed E-state index contributed by atoms with van der Waals surface area (Å²) >= 11 is 0. The molecule has 1 saturated heterocycles. The highest BCUT2D eigenvalue weighted by Gasteiger charge is 2.36. The van der Waals surface area contributed by atoms with Crippen molar-refractivity contribution in [1.29, 1.82) is 0 Å². The first-order valence-electron chi connectivity index (χ1n) is 14.4. The zero-order chi connectivity index (χ0) is 28.6. The van der Waals surface area contributed by atoms with E-state index in [4.69, 9.17) is 4.52 Å². The molecule has 2 N–H and O–H groups in total. The lowest BCUT2D eigenvalue weighted by atomic mass is 9.92. The van der Waals surface area contributed by atoms with Crippen LogP contribution in [0.4, 0.5) is 18.9 Å². The van der Waals surface area contributed by atoms with E-state index >= 15 is 0 Å². The monoisotopic (exact) mass is 561 g/mol. The topological polar surface area (TPSA) is 74.4 Å². The predicted octanol–water partition coefficient (Wildman–Crippen LogP) is 4.75. The Morgan fingerprint density at radius 2 is 1.98 bits per heavy atom. The Balaban J connectivity index is 1.36. The average molecular weight is 562 g/mol. The van der Waals surface area contributed by atoms with Gasteiger partial charge in [-0.3, -0.25) is 0 Å². The summed E-state index contributed by atoms with van der Waals surface area (Å²) in [7, 11) is 4.17. The molecule has 4 atom stereocenters. The number of alkyl halides is 3. The zero-order valence-corrected chi connectivity index (χ0v) is 24.1. The summed E-state index contributed by atoms with van der Waals surface area (Å²) in [6.07, 6.45) is -2.21. The van der Waals surface area contributed by atoms with Crippen molar-refractivity contribution in [2.24, 2.45) is 17.8 Å². The molecule has 2 aliphatic rings. The van der Waals surface area contributed by atoms with Crippen molar-refractivity contribution in [3.8, 4) is 11.5 Å². The lowest BCUT2D eigenvalue weighted by Crippen LogP contribution is -2.47. The highest BCUT2D eigenvalue weighted by Crippen LogP contribution is 2.38.